The highest BCUT2D eigenvalue weighted by molar-refractivity contribution is 7.80. The van der Waals surface area contributed by atoms with Crippen LogP contribution >= 0.6 is 12.2 Å². The lowest BCUT2D eigenvalue weighted by Gasteiger charge is -2.20. The molecule has 0 fully saturated rings. The van der Waals surface area contributed by atoms with E-state index in [4.69, 9.17) is 18.1 Å². The molecule has 0 radical (unpaired) electrons. The molecule has 1 rings (SSSR count). The Labute approximate surface area is 102 Å². The summed E-state index contributed by atoms with van der Waals surface area (Å²) < 4.78 is 0. The molecule has 0 unspecified atom stereocenters. The first-order valence-electron chi connectivity index (χ1n) is 5.04. The molecular weight excluding hydrogens is 218 g/mol. The minimum absolute atomic E-state index is 0.494. The SMILES string of the molecule is C=C(C)CNC(=S)N(N)c1cccc(C)c1. The molecule has 3 N–H and O–H groups in total. The zero-order valence-electron chi connectivity index (χ0n) is 9.66. The number of aryl methyl sites for hydroxylation is 1. The maximum atomic E-state index is 5.89. The number of hydrazine groups is 1. The molecule has 0 bridgehead atoms. The number of nitrogens with two attached hydrogens (primary N) is 1. The lowest BCUT2D eigenvalue weighted by atomic mass is 10.2. The normalized spacial score (nSPS) is 9.69. The Hall–Kier alpha value is -1.39. The van der Waals surface area contributed by atoms with Gasteiger partial charge in [0.05, 0.1) is 5.69 Å². The first-order valence-corrected chi connectivity index (χ1v) is 5.45. The van der Waals surface area contributed by atoms with Gasteiger partial charge in [0.1, 0.15) is 0 Å². The molecule has 86 valence electrons. The summed E-state index contributed by atoms with van der Waals surface area (Å²) in [5, 5.41) is 4.99. The second-order valence-corrected chi connectivity index (χ2v) is 4.21. The van der Waals surface area contributed by atoms with Crippen molar-refractivity contribution in [3.05, 3.63) is 42.0 Å². The van der Waals surface area contributed by atoms with E-state index in [1.807, 2.05) is 38.1 Å². The first kappa shape index (κ1) is 12.7. The van der Waals surface area contributed by atoms with E-state index < -0.39 is 0 Å². The number of anilines is 1. The summed E-state index contributed by atoms with van der Waals surface area (Å²) in [4.78, 5) is 0. The molecule has 0 heterocycles. The maximum absolute atomic E-state index is 5.89. The molecule has 0 amide bonds. The van der Waals surface area contributed by atoms with Gasteiger partial charge in [-0.1, -0.05) is 24.3 Å². The predicted molar refractivity (Wildman–Crippen MR) is 73.3 cm³/mol. The molecule has 0 aliphatic carbocycles. The molecule has 1 aromatic carbocycles. The van der Waals surface area contributed by atoms with Crippen molar-refractivity contribution in [2.75, 3.05) is 11.6 Å². The van der Waals surface area contributed by atoms with Crippen molar-refractivity contribution in [3.8, 4) is 0 Å². The van der Waals surface area contributed by atoms with Crippen LogP contribution < -0.4 is 16.2 Å². The van der Waals surface area contributed by atoms with Gasteiger partial charge < -0.3 is 5.32 Å². The summed E-state index contributed by atoms with van der Waals surface area (Å²) in [6.07, 6.45) is 0. The molecule has 3 nitrogen and oxygen atoms in total. The Morgan fingerprint density at radius 3 is 2.81 bits per heavy atom. The Bertz CT molecular complexity index is 401. The molecule has 0 aliphatic heterocycles. The van der Waals surface area contributed by atoms with Gasteiger partial charge >= 0.3 is 0 Å². The van der Waals surface area contributed by atoms with Crippen molar-refractivity contribution in [3.63, 3.8) is 0 Å². The lowest BCUT2D eigenvalue weighted by molar-refractivity contribution is 0.955. The second-order valence-electron chi connectivity index (χ2n) is 3.82. The van der Waals surface area contributed by atoms with E-state index in [1.165, 1.54) is 5.01 Å². The molecule has 0 aromatic heterocycles. The van der Waals surface area contributed by atoms with Gasteiger partial charge in [-0.05, 0) is 43.8 Å². The van der Waals surface area contributed by atoms with Crippen molar-refractivity contribution in [1.82, 2.24) is 5.32 Å². The second kappa shape index (κ2) is 5.63. The third-order valence-electron chi connectivity index (χ3n) is 2.04. The average molecular weight is 235 g/mol. The number of benzene rings is 1. The van der Waals surface area contributed by atoms with Crippen LogP contribution in [0.4, 0.5) is 5.69 Å². The third kappa shape index (κ3) is 3.64. The van der Waals surface area contributed by atoms with Crippen molar-refractivity contribution in [1.29, 1.82) is 0 Å². The lowest BCUT2D eigenvalue weighted by Crippen LogP contribution is -2.45. The zero-order valence-corrected chi connectivity index (χ0v) is 10.5. The number of nitrogens with one attached hydrogen (secondary N) is 1. The van der Waals surface area contributed by atoms with E-state index in [2.05, 4.69) is 11.9 Å². The Morgan fingerprint density at radius 2 is 2.25 bits per heavy atom. The molecule has 0 saturated carbocycles. The highest BCUT2D eigenvalue weighted by Crippen LogP contribution is 2.12. The molecule has 4 heteroatoms. The standard InChI is InChI=1S/C12H17N3S/c1-9(2)8-14-12(16)15(13)11-6-4-5-10(3)7-11/h4-7H,1,8,13H2,2-3H3,(H,14,16). The number of nitrogens with zero attached hydrogens (tertiary/aromatic N) is 1. The fraction of sp³-hybridized carbons (Fsp3) is 0.250. The summed E-state index contributed by atoms with van der Waals surface area (Å²) in [5.41, 5.74) is 3.04. The quantitative estimate of drug-likeness (QED) is 0.364. The largest absolute Gasteiger partial charge is 0.357 e. The van der Waals surface area contributed by atoms with Gasteiger partial charge in [-0.2, -0.15) is 0 Å². The molecule has 0 aliphatic rings. The Morgan fingerprint density at radius 1 is 1.56 bits per heavy atom. The van der Waals surface area contributed by atoms with Crippen LogP contribution in [0.5, 0.6) is 0 Å². The smallest absolute Gasteiger partial charge is 0.188 e. The van der Waals surface area contributed by atoms with Crippen LogP contribution in [0, 0.1) is 6.92 Å². The van der Waals surface area contributed by atoms with Gasteiger partial charge in [0.2, 0.25) is 0 Å². The van der Waals surface area contributed by atoms with E-state index in [0.29, 0.717) is 11.7 Å². The van der Waals surface area contributed by atoms with E-state index in [0.717, 1.165) is 16.8 Å². The van der Waals surface area contributed by atoms with Crippen LogP contribution in [0.3, 0.4) is 0 Å². The van der Waals surface area contributed by atoms with Crippen molar-refractivity contribution < 1.29 is 0 Å². The average Bonchev–Trinajstić information content (AvgIpc) is 2.24. The van der Waals surface area contributed by atoms with Crippen molar-refractivity contribution in [2.45, 2.75) is 13.8 Å². The third-order valence-corrected chi connectivity index (χ3v) is 2.38. The van der Waals surface area contributed by atoms with Crippen LogP contribution in [-0.4, -0.2) is 11.7 Å². The van der Waals surface area contributed by atoms with Gasteiger partial charge in [-0.3, -0.25) is 5.01 Å². The zero-order chi connectivity index (χ0) is 12.1. The molecule has 0 atom stereocenters. The summed E-state index contributed by atoms with van der Waals surface area (Å²) in [5.74, 6) is 5.89. The molecule has 0 saturated heterocycles. The molecule has 16 heavy (non-hydrogen) atoms. The maximum Gasteiger partial charge on any atom is 0.188 e. The highest BCUT2D eigenvalue weighted by Gasteiger charge is 2.06. The van der Waals surface area contributed by atoms with Crippen molar-refractivity contribution in [2.24, 2.45) is 5.84 Å². The molecular formula is C12H17N3S. The summed E-state index contributed by atoms with van der Waals surface area (Å²) in [7, 11) is 0. The topological polar surface area (TPSA) is 41.3 Å². The number of hydrogen-bond donors (Lipinski definition) is 2. The van der Waals surface area contributed by atoms with Crippen molar-refractivity contribution >= 4 is 23.0 Å². The highest BCUT2D eigenvalue weighted by atomic mass is 32.1. The number of hydrogen-bond acceptors (Lipinski definition) is 2. The monoisotopic (exact) mass is 235 g/mol. The van der Waals surface area contributed by atoms with E-state index in [9.17, 15) is 0 Å². The van der Waals surface area contributed by atoms with Gasteiger partial charge in [0.15, 0.2) is 5.11 Å². The van der Waals surface area contributed by atoms with Crippen LogP contribution in [0.25, 0.3) is 0 Å². The van der Waals surface area contributed by atoms with Crippen LogP contribution in [0.1, 0.15) is 12.5 Å². The predicted octanol–water partition coefficient (Wildman–Crippen LogP) is 2.13. The minimum Gasteiger partial charge on any atom is -0.357 e. The van der Waals surface area contributed by atoms with E-state index in [-0.39, 0.29) is 0 Å². The number of rotatable bonds is 3. The number of thiocarbonyl (C=S) groups is 1. The van der Waals surface area contributed by atoms with E-state index >= 15 is 0 Å². The van der Waals surface area contributed by atoms with Gasteiger partial charge in [-0.25, -0.2) is 5.84 Å². The van der Waals surface area contributed by atoms with Crippen LogP contribution in [0.15, 0.2) is 36.4 Å². The van der Waals surface area contributed by atoms with Gasteiger partial charge in [-0.15, -0.1) is 0 Å². The fourth-order valence-electron chi connectivity index (χ4n) is 1.21. The minimum atomic E-state index is 0.494. The molecule has 1 aromatic rings. The summed E-state index contributed by atoms with van der Waals surface area (Å²) in [6.45, 7) is 8.38. The fourth-order valence-corrected chi connectivity index (χ4v) is 1.38. The van der Waals surface area contributed by atoms with Gasteiger partial charge in [0.25, 0.3) is 0 Å². The summed E-state index contributed by atoms with van der Waals surface area (Å²) >= 11 is 5.17. The Kier molecular flexibility index (Phi) is 4.46. The van der Waals surface area contributed by atoms with Gasteiger partial charge in [0, 0.05) is 6.54 Å². The van der Waals surface area contributed by atoms with Crippen LogP contribution in [-0.2, 0) is 0 Å². The Balaban J connectivity index is 2.66. The summed E-state index contributed by atoms with van der Waals surface area (Å²) in [6, 6.07) is 7.87. The van der Waals surface area contributed by atoms with E-state index in [1.54, 1.807) is 0 Å². The van der Waals surface area contributed by atoms with Crippen LogP contribution in [0.2, 0.25) is 0 Å². The first-order chi connectivity index (χ1) is 7.50. The molecule has 0 spiro atoms.